The Kier molecular flexibility index (Phi) is 1.98. The molecule has 0 spiro atoms. The fraction of sp³-hybridized carbons (Fsp3) is 0.867. The van der Waals surface area contributed by atoms with Gasteiger partial charge in [0, 0.05) is 0 Å². The Hall–Kier alpha value is -0.300. The molecular formula is C15H24O. The first-order chi connectivity index (χ1) is 7.41. The molecular weight excluding hydrogens is 196 g/mol. The summed E-state index contributed by atoms with van der Waals surface area (Å²) in [5.41, 5.74) is 1.68. The molecule has 5 atom stereocenters. The van der Waals surface area contributed by atoms with Crippen molar-refractivity contribution in [3.63, 3.8) is 0 Å². The van der Waals surface area contributed by atoms with Crippen LogP contribution in [0, 0.1) is 29.1 Å². The lowest BCUT2D eigenvalue weighted by molar-refractivity contribution is -0.259. The van der Waals surface area contributed by atoms with Crippen LogP contribution in [-0.4, -0.2) is 10.7 Å². The van der Waals surface area contributed by atoms with Gasteiger partial charge in [-0.3, -0.25) is 0 Å². The molecule has 0 aromatic heterocycles. The summed E-state index contributed by atoms with van der Waals surface area (Å²) in [7, 11) is 0. The van der Waals surface area contributed by atoms with Gasteiger partial charge < -0.3 is 5.11 Å². The summed E-state index contributed by atoms with van der Waals surface area (Å²) in [6.45, 7) is 9.11. The molecule has 0 radical (unpaired) electrons. The zero-order chi connectivity index (χ0) is 11.7. The van der Waals surface area contributed by atoms with Crippen molar-refractivity contribution < 1.29 is 5.11 Å². The van der Waals surface area contributed by atoms with E-state index in [0.29, 0.717) is 23.2 Å². The number of hydrogen-bond acceptors (Lipinski definition) is 1. The van der Waals surface area contributed by atoms with Crippen LogP contribution in [0.2, 0.25) is 0 Å². The van der Waals surface area contributed by atoms with E-state index in [2.05, 4.69) is 33.8 Å². The molecule has 90 valence electrons. The summed E-state index contributed by atoms with van der Waals surface area (Å²) in [5.74, 6) is 2.38. The molecule has 4 aliphatic carbocycles. The van der Waals surface area contributed by atoms with E-state index >= 15 is 0 Å². The van der Waals surface area contributed by atoms with Crippen molar-refractivity contribution in [1.82, 2.24) is 0 Å². The number of allylic oxidation sites excluding steroid dienone is 2. The Morgan fingerprint density at radius 2 is 2.06 bits per heavy atom. The molecule has 0 saturated heterocycles. The zero-order valence-electron chi connectivity index (χ0n) is 11.0. The van der Waals surface area contributed by atoms with Gasteiger partial charge in [0.2, 0.25) is 0 Å². The first-order valence-electron chi connectivity index (χ1n) is 6.80. The topological polar surface area (TPSA) is 20.2 Å². The lowest BCUT2D eigenvalue weighted by Crippen LogP contribution is -2.70. The second-order valence-corrected chi connectivity index (χ2v) is 6.95. The molecule has 0 aliphatic heterocycles. The third kappa shape index (κ3) is 0.971. The van der Waals surface area contributed by atoms with Crippen molar-refractivity contribution >= 4 is 0 Å². The normalized spacial score (nSPS) is 54.6. The van der Waals surface area contributed by atoms with Crippen LogP contribution in [0.15, 0.2) is 11.6 Å². The first kappa shape index (κ1) is 10.8. The summed E-state index contributed by atoms with van der Waals surface area (Å²) in [6.07, 6.45) is 5.86. The van der Waals surface area contributed by atoms with E-state index in [0.717, 1.165) is 12.3 Å². The predicted octanol–water partition coefficient (Wildman–Crippen LogP) is 3.39. The summed E-state index contributed by atoms with van der Waals surface area (Å²) in [4.78, 5) is 0. The maximum atomic E-state index is 11.0. The molecule has 16 heavy (non-hydrogen) atoms. The SMILES string of the molecule is CC1=CC[C@H]2C3C1[C@]2(C)CC[C@@]3(O)C(C)C. The van der Waals surface area contributed by atoms with Gasteiger partial charge in [0.25, 0.3) is 0 Å². The highest BCUT2D eigenvalue weighted by Gasteiger charge is 2.69. The molecule has 2 unspecified atom stereocenters. The minimum Gasteiger partial charge on any atom is -0.389 e. The lowest BCUT2D eigenvalue weighted by Gasteiger charge is -2.72. The van der Waals surface area contributed by atoms with E-state index in [9.17, 15) is 5.11 Å². The summed E-state index contributed by atoms with van der Waals surface area (Å²) in [6, 6.07) is 0. The predicted molar refractivity (Wildman–Crippen MR) is 66.0 cm³/mol. The van der Waals surface area contributed by atoms with Crippen molar-refractivity contribution in [2.24, 2.45) is 29.1 Å². The van der Waals surface area contributed by atoms with Gasteiger partial charge in [0.1, 0.15) is 0 Å². The molecule has 0 heterocycles. The summed E-state index contributed by atoms with van der Waals surface area (Å²) in [5, 5.41) is 11.0. The van der Waals surface area contributed by atoms with Crippen molar-refractivity contribution in [2.75, 3.05) is 0 Å². The van der Waals surface area contributed by atoms with Crippen LogP contribution >= 0.6 is 0 Å². The van der Waals surface area contributed by atoms with Crippen LogP contribution in [0.1, 0.15) is 47.0 Å². The number of hydrogen-bond donors (Lipinski definition) is 1. The molecule has 1 N–H and O–H groups in total. The Morgan fingerprint density at radius 3 is 2.62 bits per heavy atom. The second kappa shape index (κ2) is 2.93. The smallest absolute Gasteiger partial charge is 0.0707 e. The standard InChI is InChI=1S/C15H24O/c1-9(2)15(16)8-7-14(4)11-6-5-10(3)12(14)13(11)15/h5,9,11-13,16H,6-8H2,1-4H3/t11-,12?,13?,14+,15+/m0/s1. The molecule has 2 saturated carbocycles. The second-order valence-electron chi connectivity index (χ2n) is 6.95. The Labute approximate surface area is 98.9 Å². The Morgan fingerprint density at radius 1 is 1.38 bits per heavy atom. The molecule has 0 aromatic rings. The minimum absolute atomic E-state index is 0.386. The van der Waals surface area contributed by atoms with E-state index in [-0.39, 0.29) is 5.60 Å². The molecule has 2 fully saturated rings. The van der Waals surface area contributed by atoms with E-state index < -0.39 is 0 Å². The third-order valence-electron chi connectivity index (χ3n) is 6.18. The van der Waals surface area contributed by atoms with Crippen LogP contribution in [0.3, 0.4) is 0 Å². The zero-order valence-corrected chi connectivity index (χ0v) is 11.0. The Balaban J connectivity index is 2.02. The molecule has 1 nitrogen and oxygen atoms in total. The molecule has 4 bridgehead atoms. The number of rotatable bonds is 1. The van der Waals surface area contributed by atoms with Crippen molar-refractivity contribution in [2.45, 2.75) is 52.6 Å². The molecule has 0 amide bonds. The van der Waals surface area contributed by atoms with Crippen LogP contribution in [0.5, 0.6) is 0 Å². The first-order valence-corrected chi connectivity index (χ1v) is 6.80. The van der Waals surface area contributed by atoms with Crippen LogP contribution in [0.4, 0.5) is 0 Å². The van der Waals surface area contributed by atoms with Crippen LogP contribution in [-0.2, 0) is 0 Å². The Bertz CT molecular complexity index is 356. The van der Waals surface area contributed by atoms with E-state index in [1.807, 2.05) is 0 Å². The highest BCUT2D eigenvalue weighted by Crippen LogP contribution is 2.72. The molecule has 0 aromatic carbocycles. The fourth-order valence-corrected chi connectivity index (χ4v) is 5.11. The van der Waals surface area contributed by atoms with Gasteiger partial charge in [0.15, 0.2) is 0 Å². The van der Waals surface area contributed by atoms with Gasteiger partial charge in [-0.1, -0.05) is 32.4 Å². The van der Waals surface area contributed by atoms with Gasteiger partial charge in [-0.25, -0.2) is 0 Å². The molecule has 1 heteroatoms. The molecule has 4 rings (SSSR count). The van der Waals surface area contributed by atoms with Crippen LogP contribution < -0.4 is 0 Å². The van der Waals surface area contributed by atoms with Gasteiger partial charge in [-0.05, 0) is 55.3 Å². The minimum atomic E-state index is -0.386. The quantitative estimate of drug-likeness (QED) is 0.672. The average Bonchev–Trinajstić information content (AvgIpc) is 2.22. The fourth-order valence-electron chi connectivity index (χ4n) is 5.11. The van der Waals surface area contributed by atoms with Gasteiger partial charge in [-0.15, -0.1) is 0 Å². The van der Waals surface area contributed by atoms with Gasteiger partial charge >= 0.3 is 0 Å². The van der Waals surface area contributed by atoms with Gasteiger partial charge in [-0.2, -0.15) is 0 Å². The van der Waals surface area contributed by atoms with E-state index in [1.165, 1.54) is 12.8 Å². The van der Waals surface area contributed by atoms with E-state index in [1.54, 1.807) is 5.57 Å². The van der Waals surface area contributed by atoms with Crippen molar-refractivity contribution in [3.05, 3.63) is 11.6 Å². The van der Waals surface area contributed by atoms with Crippen molar-refractivity contribution in [1.29, 1.82) is 0 Å². The third-order valence-corrected chi connectivity index (χ3v) is 6.18. The van der Waals surface area contributed by atoms with E-state index in [4.69, 9.17) is 0 Å². The highest BCUT2D eigenvalue weighted by molar-refractivity contribution is 5.30. The average molecular weight is 220 g/mol. The highest BCUT2D eigenvalue weighted by atomic mass is 16.3. The maximum absolute atomic E-state index is 11.0. The summed E-state index contributed by atoms with van der Waals surface area (Å²) < 4.78 is 0. The van der Waals surface area contributed by atoms with Crippen molar-refractivity contribution in [3.8, 4) is 0 Å². The van der Waals surface area contributed by atoms with Gasteiger partial charge in [0.05, 0.1) is 5.60 Å². The maximum Gasteiger partial charge on any atom is 0.0707 e. The number of aliphatic hydroxyl groups is 1. The van der Waals surface area contributed by atoms with Crippen LogP contribution in [0.25, 0.3) is 0 Å². The largest absolute Gasteiger partial charge is 0.389 e. The lowest BCUT2D eigenvalue weighted by atomic mass is 9.33. The number of fused-ring (bicyclic) bond motifs is 1. The molecule has 4 aliphatic rings. The monoisotopic (exact) mass is 220 g/mol. The summed E-state index contributed by atoms with van der Waals surface area (Å²) >= 11 is 0.